The number of aromatic nitrogens is 3. The van der Waals surface area contributed by atoms with Crippen LogP contribution in [0.1, 0.15) is 28.8 Å². The molecule has 0 aliphatic carbocycles. The molecule has 1 heterocycles. The van der Waals surface area contributed by atoms with Crippen molar-refractivity contribution in [2.75, 3.05) is 6.54 Å². The Labute approximate surface area is 145 Å². The van der Waals surface area contributed by atoms with E-state index in [2.05, 4.69) is 10.3 Å². The highest BCUT2D eigenvalue weighted by molar-refractivity contribution is 5.85. The van der Waals surface area contributed by atoms with Gasteiger partial charge in [0, 0.05) is 6.20 Å². The topological polar surface area (TPSA) is 56.7 Å². The van der Waals surface area contributed by atoms with Gasteiger partial charge in [0.15, 0.2) is 0 Å². The van der Waals surface area contributed by atoms with Crippen LogP contribution in [-0.4, -0.2) is 21.5 Å². The van der Waals surface area contributed by atoms with E-state index in [4.69, 9.17) is 5.73 Å². The summed E-state index contributed by atoms with van der Waals surface area (Å²) in [7, 11) is 0. The molecule has 0 fully saturated rings. The molecule has 0 amide bonds. The van der Waals surface area contributed by atoms with E-state index >= 15 is 0 Å². The third-order valence-corrected chi connectivity index (χ3v) is 3.22. The van der Waals surface area contributed by atoms with Crippen LogP contribution in [0.4, 0.5) is 26.3 Å². The summed E-state index contributed by atoms with van der Waals surface area (Å²) in [5.74, 6) is 0. The van der Waals surface area contributed by atoms with E-state index in [0.717, 1.165) is 0 Å². The number of hydrogen-bond acceptors (Lipinski definition) is 3. The highest BCUT2D eigenvalue weighted by Gasteiger charge is 2.36. The molecule has 0 aliphatic rings. The lowest BCUT2D eigenvalue weighted by atomic mass is 10.0. The summed E-state index contributed by atoms with van der Waals surface area (Å²) in [4.78, 5) is 0. The Balaban J connectivity index is 0.00000312. The molecule has 2 N–H and O–H groups in total. The zero-order valence-electron chi connectivity index (χ0n) is 12.7. The van der Waals surface area contributed by atoms with Crippen LogP contribution >= 0.6 is 12.4 Å². The third-order valence-electron chi connectivity index (χ3n) is 3.22. The predicted octanol–water partition coefficient (Wildman–Crippen LogP) is 3.68. The maximum absolute atomic E-state index is 12.8. The van der Waals surface area contributed by atoms with Gasteiger partial charge in [-0.2, -0.15) is 26.3 Å². The summed E-state index contributed by atoms with van der Waals surface area (Å²) >= 11 is 0. The van der Waals surface area contributed by atoms with Crippen molar-refractivity contribution in [1.29, 1.82) is 0 Å². The van der Waals surface area contributed by atoms with Crippen LogP contribution in [0.25, 0.3) is 0 Å². The van der Waals surface area contributed by atoms with Gasteiger partial charge in [-0.15, -0.1) is 17.5 Å². The number of alkyl halides is 6. The molecule has 11 heteroatoms. The summed E-state index contributed by atoms with van der Waals surface area (Å²) in [5, 5.41) is 7.52. The number of halogens is 7. The van der Waals surface area contributed by atoms with Gasteiger partial charge in [0.2, 0.25) is 0 Å². The molecule has 2 rings (SSSR count). The monoisotopic (exact) mass is 388 g/mol. The molecule has 25 heavy (non-hydrogen) atoms. The molecule has 0 unspecified atom stereocenters. The molecule has 0 aliphatic heterocycles. The van der Waals surface area contributed by atoms with Gasteiger partial charge in [-0.05, 0) is 43.1 Å². The Kier molecular flexibility index (Phi) is 6.83. The first-order valence-electron chi connectivity index (χ1n) is 6.97. The second kappa shape index (κ2) is 8.05. The van der Waals surface area contributed by atoms with Crippen LogP contribution in [0.15, 0.2) is 24.4 Å². The molecule has 1 aromatic carbocycles. The third kappa shape index (κ3) is 5.89. The fourth-order valence-corrected chi connectivity index (χ4v) is 2.11. The lowest BCUT2D eigenvalue weighted by molar-refractivity contribution is -0.143. The quantitative estimate of drug-likeness (QED) is 0.795. The first kappa shape index (κ1) is 21.2. The van der Waals surface area contributed by atoms with Gasteiger partial charge < -0.3 is 5.73 Å². The van der Waals surface area contributed by atoms with E-state index in [1.54, 1.807) is 0 Å². The smallest absolute Gasteiger partial charge is 0.330 e. The van der Waals surface area contributed by atoms with Crippen molar-refractivity contribution in [2.24, 2.45) is 5.73 Å². The fraction of sp³-hybridized carbons (Fsp3) is 0.429. The van der Waals surface area contributed by atoms with Gasteiger partial charge in [-0.1, -0.05) is 5.21 Å². The first-order chi connectivity index (χ1) is 11.1. The minimum Gasteiger partial charge on any atom is -0.330 e. The Morgan fingerprint density at radius 3 is 2.00 bits per heavy atom. The van der Waals surface area contributed by atoms with E-state index in [1.165, 1.54) is 10.9 Å². The van der Waals surface area contributed by atoms with Crippen molar-refractivity contribution in [3.8, 4) is 0 Å². The minimum atomic E-state index is -4.87. The zero-order chi connectivity index (χ0) is 18.0. The lowest BCUT2D eigenvalue weighted by Crippen LogP contribution is -2.13. The normalized spacial score (nSPS) is 12.1. The average Bonchev–Trinajstić information content (AvgIpc) is 2.90. The zero-order valence-corrected chi connectivity index (χ0v) is 13.5. The molecule has 4 nitrogen and oxygen atoms in total. The van der Waals surface area contributed by atoms with Crippen molar-refractivity contribution < 1.29 is 26.3 Å². The predicted molar refractivity (Wildman–Crippen MR) is 80.2 cm³/mol. The SMILES string of the molecule is Cl.NCCCc1cn(Cc2cc(C(F)(F)F)cc(C(F)(F)F)c2)nn1. The second-order valence-electron chi connectivity index (χ2n) is 5.21. The van der Waals surface area contributed by atoms with Crippen LogP contribution < -0.4 is 5.73 Å². The van der Waals surface area contributed by atoms with Crippen LogP contribution in [0, 0.1) is 0 Å². The van der Waals surface area contributed by atoms with Crippen molar-refractivity contribution >= 4 is 12.4 Å². The van der Waals surface area contributed by atoms with Crippen molar-refractivity contribution in [1.82, 2.24) is 15.0 Å². The van der Waals surface area contributed by atoms with Crippen LogP contribution in [-0.2, 0) is 25.3 Å². The molecular formula is C14H15ClF6N4. The van der Waals surface area contributed by atoms with Crippen molar-refractivity contribution in [2.45, 2.75) is 31.7 Å². The number of hydrogen-bond donors (Lipinski definition) is 1. The highest BCUT2D eigenvalue weighted by atomic mass is 35.5. The minimum absolute atomic E-state index is 0. The molecule has 0 bridgehead atoms. The Morgan fingerprint density at radius 2 is 1.52 bits per heavy atom. The molecule has 0 spiro atoms. The van der Waals surface area contributed by atoms with Crippen LogP contribution in [0.3, 0.4) is 0 Å². The Morgan fingerprint density at radius 1 is 0.960 bits per heavy atom. The highest BCUT2D eigenvalue weighted by Crippen LogP contribution is 2.36. The molecule has 140 valence electrons. The van der Waals surface area contributed by atoms with Crippen molar-refractivity contribution in [3.05, 3.63) is 46.8 Å². The number of aryl methyl sites for hydroxylation is 1. The number of nitrogens with two attached hydrogens (primary N) is 1. The molecule has 0 saturated carbocycles. The fourth-order valence-electron chi connectivity index (χ4n) is 2.11. The van der Waals surface area contributed by atoms with E-state index in [9.17, 15) is 26.3 Å². The van der Waals surface area contributed by atoms with Crippen LogP contribution in [0.2, 0.25) is 0 Å². The van der Waals surface area contributed by atoms with Crippen LogP contribution in [0.5, 0.6) is 0 Å². The van der Waals surface area contributed by atoms with Gasteiger partial charge >= 0.3 is 12.4 Å². The lowest BCUT2D eigenvalue weighted by Gasteiger charge is -2.14. The first-order valence-corrected chi connectivity index (χ1v) is 6.97. The summed E-state index contributed by atoms with van der Waals surface area (Å²) in [6.07, 6.45) is -7.08. The maximum atomic E-state index is 12.8. The van der Waals surface area contributed by atoms with Gasteiger partial charge in [0.1, 0.15) is 0 Å². The standard InChI is InChI=1S/C14H14F6N4.ClH/c15-13(16,17)10-4-9(5-11(6-10)14(18,19)20)7-24-8-12(22-23-24)2-1-3-21;/h4-6,8H,1-3,7,21H2;1H. The Hall–Kier alpha value is -1.81. The van der Waals surface area contributed by atoms with Gasteiger partial charge in [0.25, 0.3) is 0 Å². The molecule has 0 saturated heterocycles. The van der Waals surface area contributed by atoms with E-state index in [0.29, 0.717) is 37.2 Å². The summed E-state index contributed by atoms with van der Waals surface area (Å²) in [6.45, 7) is 0.193. The molecule has 0 radical (unpaired) electrons. The van der Waals surface area contributed by atoms with Gasteiger partial charge in [-0.25, -0.2) is 4.68 Å². The van der Waals surface area contributed by atoms with E-state index in [-0.39, 0.29) is 30.6 Å². The van der Waals surface area contributed by atoms with E-state index < -0.39 is 23.5 Å². The summed E-state index contributed by atoms with van der Waals surface area (Å²) in [5.41, 5.74) is 3.06. The molecule has 2 aromatic rings. The van der Waals surface area contributed by atoms with Crippen molar-refractivity contribution in [3.63, 3.8) is 0 Å². The number of rotatable bonds is 5. The van der Waals surface area contributed by atoms with Gasteiger partial charge in [0.05, 0.1) is 23.4 Å². The maximum Gasteiger partial charge on any atom is 0.416 e. The summed E-state index contributed by atoms with van der Waals surface area (Å²) < 4.78 is 78.0. The summed E-state index contributed by atoms with van der Waals surface area (Å²) in [6, 6.07) is 1.45. The molecule has 1 aromatic heterocycles. The Bertz CT molecular complexity index is 663. The number of benzene rings is 1. The number of nitrogens with zero attached hydrogens (tertiary/aromatic N) is 3. The molecular weight excluding hydrogens is 374 g/mol. The molecule has 0 atom stereocenters. The largest absolute Gasteiger partial charge is 0.416 e. The van der Waals surface area contributed by atoms with Gasteiger partial charge in [-0.3, -0.25) is 0 Å². The van der Waals surface area contributed by atoms with E-state index in [1.807, 2.05) is 0 Å². The second-order valence-corrected chi connectivity index (χ2v) is 5.21. The average molecular weight is 389 g/mol.